The number of aromatic carboxylic acids is 1. The van der Waals surface area contributed by atoms with E-state index in [1.54, 1.807) is 0 Å². The van der Waals surface area contributed by atoms with Gasteiger partial charge in [0.2, 0.25) is 0 Å². The summed E-state index contributed by atoms with van der Waals surface area (Å²) in [5.41, 5.74) is 0.274. The zero-order valence-corrected chi connectivity index (χ0v) is 9.64. The molecule has 0 spiro atoms. The van der Waals surface area contributed by atoms with Crippen LogP contribution >= 0.6 is 0 Å². The number of hydrogen-bond acceptors (Lipinski definition) is 3. The van der Waals surface area contributed by atoms with Crippen molar-refractivity contribution in [1.29, 1.82) is 0 Å². The summed E-state index contributed by atoms with van der Waals surface area (Å²) in [6.07, 6.45) is 2.72. The zero-order valence-electron chi connectivity index (χ0n) is 9.64. The lowest BCUT2D eigenvalue weighted by Crippen LogP contribution is -2.21. The molecule has 2 unspecified atom stereocenters. The number of carboxylic acids is 1. The zero-order chi connectivity index (χ0) is 11.7. The number of carboxylic acid groups (broad SMARTS) is 1. The maximum atomic E-state index is 10.9. The fourth-order valence-corrected chi connectivity index (χ4v) is 2.02. The minimum Gasteiger partial charge on any atom is -0.478 e. The lowest BCUT2D eigenvalue weighted by molar-refractivity contribution is 0.0693. The van der Waals surface area contributed by atoms with Gasteiger partial charge in [-0.25, -0.2) is 4.79 Å². The first-order valence-corrected chi connectivity index (χ1v) is 5.56. The van der Waals surface area contributed by atoms with Crippen LogP contribution < -0.4 is 0 Å². The van der Waals surface area contributed by atoms with Crippen LogP contribution in [0.15, 0.2) is 16.7 Å². The molecule has 0 saturated heterocycles. The molecule has 4 nitrogen and oxygen atoms in total. The Kier molecular flexibility index (Phi) is 3.01. The van der Waals surface area contributed by atoms with Crippen LogP contribution in [0.25, 0.3) is 0 Å². The van der Waals surface area contributed by atoms with Gasteiger partial charge in [0.15, 0.2) is 0 Å². The summed E-state index contributed by atoms with van der Waals surface area (Å²) in [5.74, 6) is 1.21. The van der Waals surface area contributed by atoms with Crippen LogP contribution in [-0.2, 0) is 6.54 Å². The van der Waals surface area contributed by atoms with E-state index in [-0.39, 0.29) is 5.56 Å². The predicted molar refractivity (Wildman–Crippen MR) is 59.3 cm³/mol. The highest BCUT2D eigenvalue weighted by Gasteiger charge is 2.33. The number of rotatable bonds is 5. The van der Waals surface area contributed by atoms with Crippen LogP contribution in [0, 0.1) is 11.8 Å². The van der Waals surface area contributed by atoms with Crippen molar-refractivity contribution in [2.75, 3.05) is 13.6 Å². The fraction of sp³-hybridized carbons (Fsp3) is 0.583. The Morgan fingerprint density at radius 2 is 2.38 bits per heavy atom. The number of carbonyl (C=O) groups is 1. The van der Waals surface area contributed by atoms with Gasteiger partial charge < -0.3 is 9.52 Å². The molecule has 0 aliphatic heterocycles. The van der Waals surface area contributed by atoms with Gasteiger partial charge in [-0.05, 0) is 31.4 Å². The molecule has 1 aliphatic rings. The molecule has 0 amide bonds. The topological polar surface area (TPSA) is 53.7 Å². The summed E-state index contributed by atoms with van der Waals surface area (Å²) in [6, 6.07) is 1.51. The summed E-state index contributed by atoms with van der Waals surface area (Å²) in [6.45, 7) is 3.83. The molecule has 4 heteroatoms. The van der Waals surface area contributed by atoms with Crippen molar-refractivity contribution >= 4 is 5.97 Å². The largest absolute Gasteiger partial charge is 0.478 e. The molecule has 1 aromatic rings. The molecule has 2 atom stereocenters. The summed E-state index contributed by atoms with van der Waals surface area (Å²) >= 11 is 0. The third-order valence-electron chi connectivity index (χ3n) is 3.21. The second kappa shape index (κ2) is 4.29. The Labute approximate surface area is 94.9 Å². The van der Waals surface area contributed by atoms with Crippen molar-refractivity contribution in [2.45, 2.75) is 19.9 Å². The lowest BCUT2D eigenvalue weighted by atomic mass is 10.2. The monoisotopic (exact) mass is 223 g/mol. The number of nitrogens with zero attached hydrogens (tertiary/aromatic N) is 1. The van der Waals surface area contributed by atoms with Gasteiger partial charge in [-0.3, -0.25) is 4.90 Å². The van der Waals surface area contributed by atoms with Crippen molar-refractivity contribution in [1.82, 2.24) is 4.90 Å². The normalized spacial score (nSPS) is 23.7. The predicted octanol–water partition coefficient (Wildman–Crippen LogP) is 2.07. The second-order valence-corrected chi connectivity index (χ2v) is 4.73. The van der Waals surface area contributed by atoms with E-state index in [0.717, 1.165) is 18.4 Å². The highest BCUT2D eigenvalue weighted by molar-refractivity contribution is 5.88. The maximum absolute atomic E-state index is 10.9. The molecule has 2 rings (SSSR count). The molecule has 1 aromatic heterocycles. The van der Waals surface area contributed by atoms with Crippen LogP contribution in [-0.4, -0.2) is 29.6 Å². The Hall–Kier alpha value is -1.29. The minimum atomic E-state index is -0.920. The molecule has 1 saturated carbocycles. The van der Waals surface area contributed by atoms with E-state index in [0.29, 0.717) is 12.3 Å². The number of furan rings is 1. The average Bonchev–Trinajstić information content (AvgIpc) is 2.72. The molecule has 1 aliphatic carbocycles. The molecule has 1 heterocycles. The maximum Gasteiger partial charge on any atom is 0.339 e. The van der Waals surface area contributed by atoms with Crippen LogP contribution in [0.5, 0.6) is 0 Å². The van der Waals surface area contributed by atoms with E-state index in [1.165, 1.54) is 18.8 Å². The first-order valence-electron chi connectivity index (χ1n) is 5.56. The van der Waals surface area contributed by atoms with Gasteiger partial charge in [-0.1, -0.05) is 6.92 Å². The van der Waals surface area contributed by atoms with Crippen molar-refractivity contribution in [3.63, 3.8) is 0 Å². The van der Waals surface area contributed by atoms with Crippen molar-refractivity contribution in [3.8, 4) is 0 Å². The molecule has 16 heavy (non-hydrogen) atoms. The van der Waals surface area contributed by atoms with Crippen LogP contribution in [0.1, 0.15) is 29.5 Å². The Balaban J connectivity index is 1.92. The van der Waals surface area contributed by atoms with Gasteiger partial charge in [-0.15, -0.1) is 0 Å². The first kappa shape index (κ1) is 11.2. The van der Waals surface area contributed by atoms with E-state index in [2.05, 4.69) is 11.8 Å². The van der Waals surface area contributed by atoms with E-state index >= 15 is 0 Å². The lowest BCUT2D eigenvalue weighted by Gasteiger charge is -2.15. The molecule has 0 radical (unpaired) electrons. The minimum absolute atomic E-state index is 0.274. The second-order valence-electron chi connectivity index (χ2n) is 4.73. The quantitative estimate of drug-likeness (QED) is 0.830. The van der Waals surface area contributed by atoms with Crippen LogP contribution in [0.2, 0.25) is 0 Å². The van der Waals surface area contributed by atoms with E-state index in [9.17, 15) is 4.79 Å². The fourth-order valence-electron chi connectivity index (χ4n) is 2.02. The first-order chi connectivity index (χ1) is 7.58. The Morgan fingerprint density at radius 1 is 1.69 bits per heavy atom. The number of hydrogen-bond donors (Lipinski definition) is 1. The van der Waals surface area contributed by atoms with Gasteiger partial charge in [0.05, 0.1) is 12.8 Å². The molecule has 0 bridgehead atoms. The van der Waals surface area contributed by atoms with Gasteiger partial charge in [0.25, 0.3) is 0 Å². The standard InChI is InChI=1S/C12H17NO3/c1-8-5-9(8)6-13(2)7-11-10(12(14)15)3-4-16-11/h3-4,8-9H,5-7H2,1-2H3,(H,14,15). The van der Waals surface area contributed by atoms with Crippen LogP contribution in [0.4, 0.5) is 0 Å². The van der Waals surface area contributed by atoms with Crippen molar-refractivity contribution in [3.05, 3.63) is 23.7 Å². The van der Waals surface area contributed by atoms with Crippen molar-refractivity contribution in [2.24, 2.45) is 11.8 Å². The van der Waals surface area contributed by atoms with Gasteiger partial charge in [-0.2, -0.15) is 0 Å². The summed E-state index contributed by atoms with van der Waals surface area (Å²) < 4.78 is 5.20. The van der Waals surface area contributed by atoms with E-state index in [4.69, 9.17) is 9.52 Å². The highest BCUT2D eigenvalue weighted by atomic mass is 16.4. The Bertz CT molecular complexity index is 385. The molecule has 1 N–H and O–H groups in total. The molecular weight excluding hydrogens is 206 g/mol. The SMILES string of the molecule is CC1CC1CN(C)Cc1occc1C(=O)O. The molecule has 1 fully saturated rings. The molecule has 0 aromatic carbocycles. The smallest absolute Gasteiger partial charge is 0.339 e. The summed E-state index contributed by atoms with van der Waals surface area (Å²) in [5, 5.41) is 8.93. The summed E-state index contributed by atoms with van der Waals surface area (Å²) in [7, 11) is 2.00. The van der Waals surface area contributed by atoms with Gasteiger partial charge in [0, 0.05) is 6.54 Å². The van der Waals surface area contributed by atoms with Crippen molar-refractivity contribution < 1.29 is 14.3 Å². The average molecular weight is 223 g/mol. The Morgan fingerprint density at radius 3 is 2.94 bits per heavy atom. The van der Waals surface area contributed by atoms with E-state index < -0.39 is 5.97 Å². The third-order valence-corrected chi connectivity index (χ3v) is 3.21. The third kappa shape index (κ3) is 2.44. The molecular formula is C12H17NO3. The highest BCUT2D eigenvalue weighted by Crippen LogP contribution is 2.38. The van der Waals surface area contributed by atoms with Gasteiger partial charge in [0.1, 0.15) is 11.3 Å². The van der Waals surface area contributed by atoms with E-state index in [1.807, 2.05) is 7.05 Å². The van der Waals surface area contributed by atoms with Gasteiger partial charge >= 0.3 is 5.97 Å². The molecule has 88 valence electrons. The van der Waals surface area contributed by atoms with Crippen LogP contribution in [0.3, 0.4) is 0 Å². The summed E-state index contributed by atoms with van der Waals surface area (Å²) in [4.78, 5) is 13.0.